The minimum absolute atomic E-state index is 0.0469. The Labute approximate surface area is 81.1 Å². The number of benzene rings is 1. The molecule has 0 spiro atoms. The Morgan fingerprint density at radius 3 is 3.14 bits per heavy atom. The molecule has 0 aromatic heterocycles. The van der Waals surface area contributed by atoms with Crippen molar-refractivity contribution in [1.82, 2.24) is 5.32 Å². The zero-order chi connectivity index (χ0) is 9.71. The largest absolute Gasteiger partial charge is 0.355 e. The monoisotopic (exact) mass is 191 g/mol. The highest BCUT2D eigenvalue weighted by atomic mass is 19.1. The number of halogens is 1. The van der Waals surface area contributed by atoms with Gasteiger partial charge in [-0.25, -0.2) is 4.39 Å². The van der Waals surface area contributed by atoms with Crippen molar-refractivity contribution in [3.63, 3.8) is 0 Å². The molecule has 14 heavy (non-hydrogen) atoms. The first kappa shape index (κ1) is 7.97. The van der Waals surface area contributed by atoms with Crippen LogP contribution < -0.4 is 5.32 Å². The number of hydrogen-bond donors (Lipinski definition) is 1. The van der Waals surface area contributed by atoms with E-state index < -0.39 is 0 Å². The maximum atomic E-state index is 13.5. The second-order valence-electron chi connectivity index (χ2n) is 3.97. The van der Waals surface area contributed by atoms with Crippen molar-refractivity contribution < 1.29 is 9.18 Å². The number of hydrogen-bond acceptors (Lipinski definition) is 1. The maximum Gasteiger partial charge on any atom is 0.227 e. The summed E-state index contributed by atoms with van der Waals surface area (Å²) in [6.45, 7) is 0.587. The van der Waals surface area contributed by atoms with Crippen molar-refractivity contribution in [2.75, 3.05) is 6.54 Å². The number of carbonyl (C=O) groups excluding carboxylic acids is 1. The zero-order valence-electron chi connectivity index (χ0n) is 7.59. The van der Waals surface area contributed by atoms with Gasteiger partial charge < -0.3 is 5.32 Å². The van der Waals surface area contributed by atoms with Crippen molar-refractivity contribution >= 4 is 5.91 Å². The van der Waals surface area contributed by atoms with Gasteiger partial charge >= 0.3 is 0 Å². The summed E-state index contributed by atoms with van der Waals surface area (Å²) in [6.07, 6.45) is 0.780. The van der Waals surface area contributed by atoms with E-state index in [0.717, 1.165) is 17.5 Å². The Hall–Kier alpha value is -1.38. The van der Waals surface area contributed by atoms with Crippen LogP contribution in [0.15, 0.2) is 18.2 Å². The first-order chi connectivity index (χ1) is 6.77. The highest BCUT2D eigenvalue weighted by Crippen LogP contribution is 2.44. The molecule has 2 bridgehead atoms. The third-order valence-corrected chi connectivity index (χ3v) is 3.23. The van der Waals surface area contributed by atoms with E-state index in [1.807, 2.05) is 6.07 Å². The van der Waals surface area contributed by atoms with Crippen LogP contribution in [-0.2, 0) is 4.79 Å². The number of rotatable bonds is 0. The molecule has 1 aromatic carbocycles. The van der Waals surface area contributed by atoms with Gasteiger partial charge in [0, 0.05) is 12.5 Å². The average Bonchev–Trinajstić information content (AvgIpc) is 2.49. The molecule has 1 saturated heterocycles. The van der Waals surface area contributed by atoms with Crippen LogP contribution in [0.3, 0.4) is 0 Å². The van der Waals surface area contributed by atoms with Crippen LogP contribution in [0.5, 0.6) is 0 Å². The van der Waals surface area contributed by atoms with Gasteiger partial charge in [0.15, 0.2) is 0 Å². The molecule has 0 saturated carbocycles. The summed E-state index contributed by atoms with van der Waals surface area (Å²) in [5.74, 6) is -0.0366. The summed E-state index contributed by atoms with van der Waals surface area (Å²) in [4.78, 5) is 11.5. The molecule has 1 aliphatic heterocycles. The van der Waals surface area contributed by atoms with Gasteiger partial charge in [0.25, 0.3) is 0 Å². The Kier molecular flexibility index (Phi) is 1.46. The van der Waals surface area contributed by atoms with E-state index >= 15 is 0 Å². The van der Waals surface area contributed by atoms with Crippen molar-refractivity contribution in [3.05, 3.63) is 35.1 Å². The third-order valence-electron chi connectivity index (χ3n) is 3.23. The molecule has 1 fully saturated rings. The minimum atomic E-state index is -0.161. The number of fused-ring (bicyclic) bond motifs is 5. The van der Waals surface area contributed by atoms with Crippen LogP contribution in [-0.4, -0.2) is 12.5 Å². The minimum Gasteiger partial charge on any atom is -0.355 e. The molecule has 2 aliphatic rings. The van der Waals surface area contributed by atoms with Gasteiger partial charge in [0.2, 0.25) is 5.91 Å². The van der Waals surface area contributed by atoms with Crippen molar-refractivity contribution in [1.29, 1.82) is 0 Å². The van der Waals surface area contributed by atoms with Crippen LogP contribution >= 0.6 is 0 Å². The second kappa shape index (κ2) is 2.56. The van der Waals surface area contributed by atoms with Crippen molar-refractivity contribution in [2.45, 2.75) is 18.3 Å². The average molecular weight is 191 g/mol. The summed E-state index contributed by atoms with van der Waals surface area (Å²) in [5.41, 5.74) is 1.65. The van der Waals surface area contributed by atoms with Crippen LogP contribution in [0, 0.1) is 5.82 Å². The number of carbonyl (C=O) groups is 1. The van der Waals surface area contributed by atoms with E-state index in [0.29, 0.717) is 6.54 Å². The predicted molar refractivity (Wildman–Crippen MR) is 49.5 cm³/mol. The lowest BCUT2D eigenvalue weighted by molar-refractivity contribution is -0.123. The second-order valence-corrected chi connectivity index (χ2v) is 3.97. The molecule has 1 amide bonds. The molecule has 3 rings (SSSR count). The summed E-state index contributed by atoms with van der Waals surface area (Å²) in [5, 5.41) is 2.81. The lowest BCUT2D eigenvalue weighted by atomic mass is 9.97. The molecular formula is C11H10FNO. The molecule has 1 aliphatic carbocycles. The number of piperidine rings is 1. The molecule has 72 valence electrons. The Balaban J connectivity index is 2.22. The summed E-state index contributed by atoms with van der Waals surface area (Å²) >= 11 is 0. The van der Waals surface area contributed by atoms with Crippen LogP contribution in [0.2, 0.25) is 0 Å². The van der Waals surface area contributed by atoms with Gasteiger partial charge in [-0.05, 0) is 23.6 Å². The molecule has 1 N–H and O–H groups in total. The fourth-order valence-electron chi connectivity index (χ4n) is 2.60. The number of nitrogens with one attached hydrogen (secondary N) is 1. The molecular weight excluding hydrogens is 181 g/mol. The van der Waals surface area contributed by atoms with Gasteiger partial charge in [-0.15, -0.1) is 0 Å². The van der Waals surface area contributed by atoms with E-state index in [9.17, 15) is 9.18 Å². The molecule has 2 unspecified atom stereocenters. The van der Waals surface area contributed by atoms with Gasteiger partial charge in [-0.2, -0.15) is 0 Å². The van der Waals surface area contributed by atoms with Crippen LogP contribution in [0.4, 0.5) is 4.39 Å². The fraction of sp³-hybridized carbons (Fsp3) is 0.364. The highest BCUT2D eigenvalue weighted by Gasteiger charge is 2.40. The summed E-state index contributed by atoms with van der Waals surface area (Å²) in [6, 6.07) is 5.03. The molecule has 2 nitrogen and oxygen atoms in total. The maximum absolute atomic E-state index is 13.5. The Bertz CT molecular complexity index is 416. The smallest absolute Gasteiger partial charge is 0.227 e. The van der Waals surface area contributed by atoms with Gasteiger partial charge in [-0.3, -0.25) is 4.79 Å². The van der Waals surface area contributed by atoms with Crippen molar-refractivity contribution in [3.8, 4) is 0 Å². The van der Waals surface area contributed by atoms with Gasteiger partial charge in [0.1, 0.15) is 5.82 Å². The first-order valence-electron chi connectivity index (χ1n) is 4.83. The van der Waals surface area contributed by atoms with E-state index in [1.54, 1.807) is 6.07 Å². The molecule has 1 heterocycles. The van der Waals surface area contributed by atoms with E-state index in [4.69, 9.17) is 0 Å². The number of amides is 1. The molecule has 2 atom stereocenters. The molecule has 3 heteroatoms. The fourth-order valence-corrected chi connectivity index (χ4v) is 2.60. The SMILES string of the molecule is O=C1NCC2CC1c1cccc(F)c12. The van der Waals surface area contributed by atoms with E-state index in [2.05, 4.69) is 5.32 Å². The molecule has 1 aromatic rings. The molecule has 0 radical (unpaired) electrons. The van der Waals surface area contributed by atoms with E-state index in [1.165, 1.54) is 6.07 Å². The lowest BCUT2D eigenvalue weighted by Gasteiger charge is -2.19. The predicted octanol–water partition coefficient (Wildman–Crippen LogP) is 1.53. The summed E-state index contributed by atoms with van der Waals surface area (Å²) in [7, 11) is 0. The Morgan fingerprint density at radius 1 is 1.43 bits per heavy atom. The quantitative estimate of drug-likeness (QED) is 0.662. The van der Waals surface area contributed by atoms with Crippen molar-refractivity contribution in [2.24, 2.45) is 0 Å². The van der Waals surface area contributed by atoms with E-state index in [-0.39, 0.29) is 23.6 Å². The Morgan fingerprint density at radius 2 is 2.29 bits per heavy atom. The summed E-state index contributed by atoms with van der Waals surface area (Å²) < 4.78 is 13.5. The van der Waals surface area contributed by atoms with Gasteiger partial charge in [0.05, 0.1) is 5.92 Å². The van der Waals surface area contributed by atoms with Crippen LogP contribution in [0.1, 0.15) is 29.4 Å². The zero-order valence-corrected chi connectivity index (χ0v) is 7.59. The standard InChI is InChI=1S/C11H10FNO/c12-9-3-1-2-7-8-4-6(10(7)9)5-13-11(8)14/h1-3,6,8H,4-5H2,(H,13,14). The highest BCUT2D eigenvalue weighted by molar-refractivity contribution is 5.86. The normalized spacial score (nSPS) is 28.5. The third kappa shape index (κ3) is 0.870. The van der Waals surface area contributed by atoms with Crippen LogP contribution in [0.25, 0.3) is 0 Å². The topological polar surface area (TPSA) is 29.1 Å². The van der Waals surface area contributed by atoms with Gasteiger partial charge in [-0.1, -0.05) is 12.1 Å². The lowest BCUT2D eigenvalue weighted by Crippen LogP contribution is -2.35. The first-order valence-corrected chi connectivity index (χ1v) is 4.83.